The van der Waals surface area contributed by atoms with Crippen LogP contribution in [0.5, 0.6) is 0 Å². The third-order valence-corrected chi connectivity index (χ3v) is 6.59. The first-order valence-electron chi connectivity index (χ1n) is 9.58. The van der Waals surface area contributed by atoms with Crippen molar-refractivity contribution in [1.29, 1.82) is 0 Å². The second kappa shape index (κ2) is 9.32. The van der Waals surface area contributed by atoms with Crippen molar-refractivity contribution in [2.45, 2.75) is 31.6 Å². The lowest BCUT2D eigenvalue weighted by atomic mass is 10.1. The van der Waals surface area contributed by atoms with Gasteiger partial charge in [0.25, 0.3) is 0 Å². The van der Waals surface area contributed by atoms with Gasteiger partial charge in [-0.3, -0.25) is 9.36 Å². The second-order valence-electron chi connectivity index (χ2n) is 6.93. The molecule has 1 aromatic carbocycles. The Morgan fingerprint density at radius 3 is 2.87 bits per heavy atom. The van der Waals surface area contributed by atoms with Crippen molar-refractivity contribution in [1.82, 2.24) is 20.1 Å². The first kappa shape index (κ1) is 20.4. The van der Waals surface area contributed by atoms with Crippen LogP contribution in [0.4, 0.5) is 0 Å². The van der Waals surface area contributed by atoms with Gasteiger partial charge in [-0.2, -0.15) is 0 Å². The molecule has 0 aliphatic carbocycles. The fraction of sp³-hybridized carbons (Fsp3) is 0.227. The highest BCUT2D eigenvalue weighted by atomic mass is 32.2. The normalized spacial score (nSPS) is 12.1. The first-order valence-corrected chi connectivity index (χ1v) is 11.4. The fourth-order valence-corrected chi connectivity index (χ4v) is 4.60. The predicted octanol–water partition coefficient (Wildman–Crippen LogP) is 4.93. The third-order valence-electron chi connectivity index (χ3n) is 4.57. The molecule has 0 radical (unpaired) electrons. The largest absolute Gasteiger partial charge is 0.467 e. The molecule has 0 aliphatic rings. The van der Waals surface area contributed by atoms with Crippen molar-refractivity contribution < 1.29 is 9.21 Å². The third kappa shape index (κ3) is 4.83. The van der Waals surface area contributed by atoms with Gasteiger partial charge in [0.15, 0.2) is 11.0 Å². The Morgan fingerprint density at radius 2 is 2.13 bits per heavy atom. The zero-order valence-electron chi connectivity index (χ0n) is 16.7. The van der Waals surface area contributed by atoms with Crippen LogP contribution in [0.15, 0.2) is 69.7 Å². The average Bonchev–Trinajstić information content (AvgIpc) is 3.49. The van der Waals surface area contributed by atoms with Crippen LogP contribution in [-0.2, 0) is 11.3 Å². The Balaban J connectivity index is 1.51. The molecule has 4 aromatic rings. The van der Waals surface area contributed by atoms with Gasteiger partial charge in [-0.15, -0.1) is 21.5 Å². The van der Waals surface area contributed by atoms with Gasteiger partial charge in [0.05, 0.1) is 24.6 Å². The maximum atomic E-state index is 12.5. The number of hydrogen-bond acceptors (Lipinski definition) is 6. The quantitative estimate of drug-likeness (QED) is 0.395. The zero-order chi connectivity index (χ0) is 20.9. The van der Waals surface area contributed by atoms with Crippen LogP contribution in [-0.4, -0.2) is 26.4 Å². The number of amides is 1. The number of nitrogens with one attached hydrogen (secondary N) is 1. The summed E-state index contributed by atoms with van der Waals surface area (Å²) < 4.78 is 7.53. The predicted molar refractivity (Wildman–Crippen MR) is 120 cm³/mol. The van der Waals surface area contributed by atoms with Crippen LogP contribution < -0.4 is 5.32 Å². The van der Waals surface area contributed by atoms with Gasteiger partial charge in [-0.05, 0) is 43.5 Å². The lowest BCUT2D eigenvalue weighted by Crippen LogP contribution is -2.27. The zero-order valence-corrected chi connectivity index (χ0v) is 18.4. The highest BCUT2D eigenvalue weighted by molar-refractivity contribution is 7.99. The first-order chi connectivity index (χ1) is 14.6. The molecule has 0 saturated carbocycles. The molecule has 4 rings (SSSR count). The summed E-state index contributed by atoms with van der Waals surface area (Å²) in [7, 11) is 0. The summed E-state index contributed by atoms with van der Waals surface area (Å²) in [4.78, 5) is 13.6. The summed E-state index contributed by atoms with van der Waals surface area (Å²) in [6, 6.07) is 15.9. The summed E-state index contributed by atoms with van der Waals surface area (Å²) in [5.41, 5.74) is 2.13. The summed E-state index contributed by atoms with van der Waals surface area (Å²) in [5.74, 6) is 1.79. The molecule has 1 N–H and O–H groups in total. The molecule has 0 unspecified atom stereocenters. The monoisotopic (exact) mass is 438 g/mol. The van der Waals surface area contributed by atoms with Crippen LogP contribution in [0.25, 0.3) is 11.4 Å². The smallest absolute Gasteiger partial charge is 0.230 e. The number of hydrogen-bond donors (Lipinski definition) is 1. The Hall–Kier alpha value is -2.84. The van der Waals surface area contributed by atoms with Gasteiger partial charge < -0.3 is 9.73 Å². The van der Waals surface area contributed by atoms with Crippen molar-refractivity contribution in [3.63, 3.8) is 0 Å². The molecule has 0 spiro atoms. The molecule has 0 bridgehead atoms. The van der Waals surface area contributed by atoms with Crippen LogP contribution in [0.1, 0.15) is 29.2 Å². The Morgan fingerprint density at radius 1 is 1.23 bits per heavy atom. The van der Waals surface area contributed by atoms with Gasteiger partial charge >= 0.3 is 0 Å². The number of aromatic nitrogens is 3. The Bertz CT molecular complexity index is 1100. The van der Waals surface area contributed by atoms with Gasteiger partial charge in [-0.1, -0.05) is 41.6 Å². The maximum Gasteiger partial charge on any atom is 0.230 e. The van der Waals surface area contributed by atoms with Crippen molar-refractivity contribution in [2.75, 3.05) is 5.75 Å². The molecular weight excluding hydrogens is 416 g/mol. The molecule has 0 aliphatic heterocycles. The van der Waals surface area contributed by atoms with Crippen LogP contribution in [0.3, 0.4) is 0 Å². The van der Waals surface area contributed by atoms with E-state index < -0.39 is 0 Å². The van der Waals surface area contributed by atoms with E-state index in [2.05, 4.69) is 21.6 Å². The number of carbonyl (C=O) groups excluding carboxylic acids is 1. The average molecular weight is 439 g/mol. The molecule has 1 amide bonds. The number of nitrogens with zero attached hydrogens (tertiary/aromatic N) is 3. The second-order valence-corrected chi connectivity index (χ2v) is 8.86. The molecule has 3 heterocycles. The molecule has 0 saturated heterocycles. The highest BCUT2D eigenvalue weighted by Crippen LogP contribution is 2.26. The minimum Gasteiger partial charge on any atom is -0.467 e. The van der Waals surface area contributed by atoms with E-state index >= 15 is 0 Å². The van der Waals surface area contributed by atoms with E-state index in [4.69, 9.17) is 4.42 Å². The lowest BCUT2D eigenvalue weighted by molar-refractivity contribution is -0.119. The molecule has 3 aromatic heterocycles. The molecule has 30 heavy (non-hydrogen) atoms. The molecule has 6 nitrogen and oxygen atoms in total. The Labute approximate surface area is 183 Å². The van der Waals surface area contributed by atoms with Gasteiger partial charge in [0.2, 0.25) is 5.91 Å². The summed E-state index contributed by atoms with van der Waals surface area (Å²) in [5, 5.41) is 14.5. The topological polar surface area (TPSA) is 73.0 Å². The maximum absolute atomic E-state index is 12.5. The van der Waals surface area contributed by atoms with Crippen LogP contribution >= 0.6 is 23.1 Å². The minimum atomic E-state index is -0.0365. The standard InChI is InChI=1S/C22H22N4O2S2/c1-15-6-3-7-17(12-15)21-24-25-22(26(21)13-18-8-4-10-28-18)30-14-20(27)23-16(2)19-9-5-11-29-19/h3-12,16H,13-14H2,1-2H3,(H,23,27)/t16-/m0/s1. The minimum absolute atomic E-state index is 0.0121. The summed E-state index contributed by atoms with van der Waals surface area (Å²) in [6.45, 7) is 4.54. The van der Waals surface area contributed by atoms with E-state index in [9.17, 15) is 4.79 Å². The number of rotatable bonds is 8. The molecule has 1 atom stereocenters. The van der Waals surface area contributed by atoms with E-state index in [1.165, 1.54) is 11.8 Å². The fourth-order valence-electron chi connectivity index (χ4n) is 3.12. The molecule has 154 valence electrons. The van der Waals surface area contributed by atoms with E-state index in [0.29, 0.717) is 11.7 Å². The number of benzene rings is 1. The molecule has 8 heteroatoms. The van der Waals surface area contributed by atoms with Gasteiger partial charge in [0.1, 0.15) is 5.76 Å². The highest BCUT2D eigenvalue weighted by Gasteiger charge is 2.18. The van der Waals surface area contributed by atoms with E-state index in [1.807, 2.05) is 66.3 Å². The van der Waals surface area contributed by atoms with Gasteiger partial charge in [0, 0.05) is 10.4 Å². The summed E-state index contributed by atoms with van der Waals surface area (Å²) >= 11 is 3.01. The SMILES string of the molecule is Cc1cccc(-c2nnc(SCC(=O)N[C@@H](C)c3cccs3)n2Cc2ccco2)c1. The van der Waals surface area contributed by atoms with Crippen molar-refractivity contribution >= 4 is 29.0 Å². The van der Waals surface area contributed by atoms with Crippen molar-refractivity contribution in [3.05, 3.63) is 76.4 Å². The summed E-state index contributed by atoms with van der Waals surface area (Å²) in [6.07, 6.45) is 1.65. The number of thioether (sulfide) groups is 1. The Kier molecular flexibility index (Phi) is 6.35. The van der Waals surface area contributed by atoms with E-state index in [1.54, 1.807) is 17.6 Å². The number of furan rings is 1. The van der Waals surface area contributed by atoms with E-state index in [0.717, 1.165) is 27.6 Å². The number of aryl methyl sites for hydroxylation is 1. The van der Waals surface area contributed by atoms with Crippen molar-refractivity contribution in [2.24, 2.45) is 0 Å². The van der Waals surface area contributed by atoms with Crippen LogP contribution in [0, 0.1) is 6.92 Å². The van der Waals surface area contributed by atoms with Crippen molar-refractivity contribution in [3.8, 4) is 11.4 Å². The van der Waals surface area contributed by atoms with Crippen LogP contribution in [0.2, 0.25) is 0 Å². The molecule has 0 fully saturated rings. The van der Waals surface area contributed by atoms with Gasteiger partial charge in [-0.25, -0.2) is 0 Å². The molecular formula is C22H22N4O2S2. The lowest BCUT2D eigenvalue weighted by Gasteiger charge is -2.12. The number of thiophene rings is 1. The van der Waals surface area contributed by atoms with E-state index in [-0.39, 0.29) is 17.7 Å². The number of carbonyl (C=O) groups is 1.